The van der Waals surface area contributed by atoms with Crippen LogP contribution >= 0.6 is 0 Å². The minimum absolute atomic E-state index is 0.156. The second kappa shape index (κ2) is 14.9. The summed E-state index contributed by atoms with van der Waals surface area (Å²) in [5.41, 5.74) is 1.64. The summed E-state index contributed by atoms with van der Waals surface area (Å²) in [5, 5.41) is 6.18. The van der Waals surface area contributed by atoms with Gasteiger partial charge in [-0.2, -0.15) is 4.31 Å². The van der Waals surface area contributed by atoms with Crippen molar-refractivity contribution in [2.75, 3.05) is 33.3 Å². The number of carbonyl (C=O) groups is 1. The molecule has 2 aromatic rings. The lowest BCUT2D eigenvalue weighted by molar-refractivity contribution is -0.119. The lowest BCUT2D eigenvalue weighted by Gasteiger charge is -2.20. The first-order valence-corrected chi connectivity index (χ1v) is 14.0. The molecule has 200 valence electrons. The molecular formula is C27H40FN3O4S. The van der Waals surface area contributed by atoms with Crippen molar-refractivity contribution < 1.29 is 22.3 Å². The van der Waals surface area contributed by atoms with Gasteiger partial charge < -0.3 is 15.4 Å². The molecule has 1 amide bonds. The van der Waals surface area contributed by atoms with Crippen LogP contribution in [-0.4, -0.2) is 58.0 Å². The van der Waals surface area contributed by atoms with Crippen molar-refractivity contribution in [1.82, 2.24) is 14.9 Å². The Morgan fingerprint density at radius 1 is 1.14 bits per heavy atom. The summed E-state index contributed by atoms with van der Waals surface area (Å²) in [6.45, 7) is 7.32. The van der Waals surface area contributed by atoms with E-state index in [0.717, 1.165) is 30.4 Å². The van der Waals surface area contributed by atoms with Crippen LogP contribution in [-0.2, 0) is 21.2 Å². The number of hydrogen-bond donors (Lipinski definition) is 2. The number of rotatable bonds is 16. The zero-order chi connectivity index (χ0) is 26.6. The molecule has 0 aliphatic heterocycles. The Morgan fingerprint density at radius 2 is 1.92 bits per heavy atom. The van der Waals surface area contributed by atoms with E-state index in [4.69, 9.17) is 4.74 Å². The molecule has 0 aromatic heterocycles. The number of carbonyl (C=O) groups excluding carboxylic acids is 1. The standard InChI is InChI=1S/C27H40FN3O4S/c1-5-6-7-15-35-26-19-23(17-24(28)20-26)18-25(30-22(3)32)11-12-29-13-14-31(4)36(33,34)27-10-8-9-21(2)16-27/h8-10,16-17,19-20,25,29H,5-7,11-15,18H2,1-4H3,(H,30,32)/t25-/m1/s1. The predicted octanol–water partition coefficient (Wildman–Crippen LogP) is 4.05. The van der Waals surface area contributed by atoms with Crippen molar-refractivity contribution >= 4 is 15.9 Å². The number of nitrogens with one attached hydrogen (secondary N) is 2. The van der Waals surface area contributed by atoms with Gasteiger partial charge in [0, 0.05) is 39.2 Å². The fraction of sp³-hybridized carbons (Fsp3) is 0.519. The van der Waals surface area contributed by atoms with Crippen LogP contribution in [0.1, 0.15) is 50.7 Å². The number of hydrogen-bond acceptors (Lipinski definition) is 5. The van der Waals surface area contributed by atoms with E-state index in [1.165, 1.54) is 23.4 Å². The van der Waals surface area contributed by atoms with Crippen LogP contribution in [0.15, 0.2) is 47.4 Å². The molecule has 36 heavy (non-hydrogen) atoms. The highest BCUT2D eigenvalue weighted by atomic mass is 32.2. The van der Waals surface area contributed by atoms with Gasteiger partial charge in [0.1, 0.15) is 11.6 Å². The highest BCUT2D eigenvalue weighted by molar-refractivity contribution is 7.89. The van der Waals surface area contributed by atoms with Gasteiger partial charge in [0.15, 0.2) is 0 Å². The molecule has 0 saturated heterocycles. The summed E-state index contributed by atoms with van der Waals surface area (Å²) in [6.07, 6.45) is 4.14. The van der Waals surface area contributed by atoms with Gasteiger partial charge >= 0.3 is 0 Å². The van der Waals surface area contributed by atoms with E-state index in [-0.39, 0.29) is 22.7 Å². The molecule has 1 atom stereocenters. The molecule has 0 aliphatic carbocycles. The molecule has 2 aromatic carbocycles. The molecule has 2 N–H and O–H groups in total. The number of sulfonamides is 1. The number of nitrogens with zero attached hydrogens (tertiary/aromatic N) is 1. The van der Waals surface area contributed by atoms with E-state index >= 15 is 0 Å². The highest BCUT2D eigenvalue weighted by Gasteiger charge is 2.20. The van der Waals surface area contributed by atoms with E-state index in [9.17, 15) is 17.6 Å². The van der Waals surface area contributed by atoms with E-state index < -0.39 is 10.0 Å². The van der Waals surface area contributed by atoms with Crippen LogP contribution in [0.4, 0.5) is 4.39 Å². The van der Waals surface area contributed by atoms with Crippen molar-refractivity contribution in [3.63, 3.8) is 0 Å². The first-order valence-electron chi connectivity index (χ1n) is 12.5. The second-order valence-corrected chi connectivity index (χ2v) is 11.2. The summed E-state index contributed by atoms with van der Waals surface area (Å²) >= 11 is 0. The molecule has 9 heteroatoms. The van der Waals surface area contributed by atoms with Gasteiger partial charge in [-0.1, -0.05) is 31.9 Å². The Hall–Kier alpha value is -2.49. The van der Waals surface area contributed by atoms with Crippen molar-refractivity contribution in [3.8, 4) is 5.75 Å². The SMILES string of the molecule is CCCCCOc1cc(F)cc(C[C@@H](CCNCCN(C)S(=O)(=O)c2cccc(C)c2)NC(C)=O)c1. The summed E-state index contributed by atoms with van der Waals surface area (Å²) in [5.74, 6) is -0.0226. The van der Waals surface area contributed by atoms with Gasteiger partial charge in [0.2, 0.25) is 15.9 Å². The topological polar surface area (TPSA) is 87.7 Å². The average Bonchev–Trinajstić information content (AvgIpc) is 2.80. The monoisotopic (exact) mass is 521 g/mol. The Balaban J connectivity index is 1.87. The molecule has 0 aliphatic rings. The molecule has 0 heterocycles. The average molecular weight is 522 g/mol. The Bertz CT molecular complexity index is 1080. The van der Waals surface area contributed by atoms with Crippen LogP contribution in [0.25, 0.3) is 0 Å². The van der Waals surface area contributed by atoms with Crippen LogP contribution in [0.2, 0.25) is 0 Å². The molecule has 7 nitrogen and oxygen atoms in total. The lowest BCUT2D eigenvalue weighted by atomic mass is 10.0. The number of unbranched alkanes of at least 4 members (excludes halogenated alkanes) is 2. The summed E-state index contributed by atoms with van der Waals surface area (Å²) in [6, 6.07) is 11.3. The van der Waals surface area contributed by atoms with Gasteiger partial charge in [-0.05, 0) is 68.1 Å². The number of benzene rings is 2. The largest absolute Gasteiger partial charge is 0.493 e. The van der Waals surface area contributed by atoms with E-state index in [0.29, 0.717) is 44.8 Å². The third-order valence-electron chi connectivity index (χ3n) is 5.81. The highest BCUT2D eigenvalue weighted by Crippen LogP contribution is 2.19. The maximum Gasteiger partial charge on any atom is 0.242 e. The van der Waals surface area contributed by atoms with Crippen LogP contribution in [0.5, 0.6) is 5.75 Å². The summed E-state index contributed by atoms with van der Waals surface area (Å²) in [4.78, 5) is 12.0. The molecular weight excluding hydrogens is 481 g/mol. The molecule has 0 spiro atoms. The quantitative estimate of drug-likeness (QED) is 0.326. The Labute approximate surface area is 215 Å². The number of likely N-dealkylation sites (N-methyl/N-ethyl adjacent to an activating group) is 1. The molecule has 0 fully saturated rings. The summed E-state index contributed by atoms with van der Waals surface area (Å²) < 4.78 is 46.7. The van der Waals surface area contributed by atoms with Gasteiger partial charge in [-0.15, -0.1) is 0 Å². The first-order chi connectivity index (χ1) is 17.1. The fourth-order valence-electron chi connectivity index (χ4n) is 3.87. The predicted molar refractivity (Wildman–Crippen MR) is 141 cm³/mol. The molecule has 0 saturated carbocycles. The zero-order valence-corrected chi connectivity index (χ0v) is 22.7. The lowest BCUT2D eigenvalue weighted by Crippen LogP contribution is -2.39. The first kappa shape index (κ1) is 29.7. The maximum atomic E-state index is 14.2. The van der Waals surface area contributed by atoms with Gasteiger partial charge in [-0.25, -0.2) is 12.8 Å². The summed E-state index contributed by atoms with van der Waals surface area (Å²) in [7, 11) is -1.99. The third-order valence-corrected chi connectivity index (χ3v) is 7.66. The second-order valence-electron chi connectivity index (χ2n) is 9.13. The van der Waals surface area contributed by atoms with Crippen molar-refractivity contribution in [2.45, 2.75) is 63.8 Å². The molecule has 0 unspecified atom stereocenters. The number of halogens is 1. The minimum atomic E-state index is -3.55. The zero-order valence-electron chi connectivity index (χ0n) is 21.8. The molecule has 0 bridgehead atoms. The smallest absolute Gasteiger partial charge is 0.242 e. The van der Waals surface area contributed by atoms with Gasteiger partial charge in [-0.3, -0.25) is 4.79 Å². The number of aryl methyl sites for hydroxylation is 1. The molecule has 0 radical (unpaired) electrons. The van der Waals surface area contributed by atoms with Crippen LogP contribution in [0, 0.1) is 12.7 Å². The van der Waals surface area contributed by atoms with E-state index in [1.807, 2.05) is 19.1 Å². The fourth-order valence-corrected chi connectivity index (χ4v) is 5.15. The Kier molecular flexibility index (Phi) is 12.3. The van der Waals surface area contributed by atoms with Gasteiger partial charge in [0.05, 0.1) is 11.5 Å². The Morgan fingerprint density at radius 3 is 2.61 bits per heavy atom. The normalized spacial score (nSPS) is 12.5. The van der Waals surface area contributed by atoms with Gasteiger partial charge in [0.25, 0.3) is 0 Å². The molecule has 2 rings (SSSR count). The minimum Gasteiger partial charge on any atom is -0.493 e. The van der Waals surface area contributed by atoms with Crippen molar-refractivity contribution in [1.29, 1.82) is 0 Å². The number of amides is 1. The van der Waals surface area contributed by atoms with Crippen LogP contribution in [0.3, 0.4) is 0 Å². The maximum absolute atomic E-state index is 14.2. The van der Waals surface area contributed by atoms with Crippen molar-refractivity contribution in [2.24, 2.45) is 0 Å². The number of ether oxygens (including phenoxy) is 1. The van der Waals surface area contributed by atoms with E-state index in [1.54, 1.807) is 25.2 Å². The van der Waals surface area contributed by atoms with Crippen LogP contribution < -0.4 is 15.4 Å². The van der Waals surface area contributed by atoms with Crippen molar-refractivity contribution in [3.05, 3.63) is 59.4 Å². The third kappa shape index (κ3) is 10.2. The van der Waals surface area contributed by atoms with E-state index in [2.05, 4.69) is 17.6 Å².